The van der Waals surface area contributed by atoms with Crippen LogP contribution in [0.4, 0.5) is 11.5 Å². The number of thiazole rings is 1. The number of rotatable bonds is 3. The van der Waals surface area contributed by atoms with Crippen LogP contribution in [-0.4, -0.2) is 42.1 Å². The van der Waals surface area contributed by atoms with Crippen LogP contribution >= 0.6 is 36.2 Å². The van der Waals surface area contributed by atoms with Crippen molar-refractivity contribution in [3.8, 4) is 0 Å². The predicted molar refractivity (Wildman–Crippen MR) is 103 cm³/mol. The van der Waals surface area contributed by atoms with Crippen LogP contribution < -0.4 is 15.5 Å². The highest BCUT2D eigenvalue weighted by Crippen LogP contribution is 2.20. The number of carbonyl (C=O) groups excluding carboxylic acids is 1. The van der Waals surface area contributed by atoms with Gasteiger partial charge in [0.05, 0.1) is 22.6 Å². The molecule has 1 aliphatic heterocycles. The zero-order valence-electron chi connectivity index (χ0n) is 13.5. The Morgan fingerprint density at radius 2 is 1.96 bits per heavy atom. The molecule has 1 saturated heterocycles. The summed E-state index contributed by atoms with van der Waals surface area (Å²) in [5, 5.41) is 7.05. The first kappa shape index (κ1) is 20.6. The molecule has 0 aliphatic carbocycles. The molecule has 2 N–H and O–H groups in total. The molecule has 0 radical (unpaired) electrons. The van der Waals surface area contributed by atoms with Gasteiger partial charge in [0.15, 0.2) is 0 Å². The van der Waals surface area contributed by atoms with Crippen molar-refractivity contribution in [3.63, 3.8) is 0 Å². The maximum atomic E-state index is 12.2. The molecule has 3 rings (SSSR count). The van der Waals surface area contributed by atoms with Crippen LogP contribution in [0.25, 0.3) is 0 Å². The molecule has 2 aromatic heterocycles. The Morgan fingerprint density at radius 3 is 2.50 bits per heavy atom. The number of hydrogen-bond donors (Lipinski definition) is 2. The molecule has 0 bridgehead atoms. The highest BCUT2D eigenvalue weighted by Gasteiger charge is 2.15. The molecule has 0 unspecified atom stereocenters. The second-order valence-electron chi connectivity index (χ2n) is 5.24. The summed E-state index contributed by atoms with van der Waals surface area (Å²) < 4.78 is 0. The third kappa shape index (κ3) is 4.80. The topological polar surface area (TPSA) is 70.2 Å². The molecule has 1 fully saturated rings. The Bertz CT molecular complexity index is 671. The maximum Gasteiger partial charge on any atom is 0.268 e. The average molecular weight is 390 g/mol. The molecule has 3 heterocycles. The van der Waals surface area contributed by atoms with Gasteiger partial charge in [0, 0.05) is 26.2 Å². The number of aryl methyl sites for hydroxylation is 2. The standard InChI is InChI=1S/C15H19N5OS.2ClH/c1-10-14(22-11(2)18-10)15(21)19-13-4-3-12(9-17-13)20-7-5-16-6-8-20;;/h3-4,9,16H,5-8H2,1-2H3,(H,17,19,21);2*1H. The molecule has 132 valence electrons. The summed E-state index contributed by atoms with van der Waals surface area (Å²) in [4.78, 5) is 23.8. The highest BCUT2D eigenvalue weighted by atomic mass is 35.5. The number of carbonyl (C=O) groups is 1. The van der Waals surface area contributed by atoms with Gasteiger partial charge in [-0.2, -0.15) is 0 Å². The van der Waals surface area contributed by atoms with Crippen LogP contribution in [-0.2, 0) is 0 Å². The summed E-state index contributed by atoms with van der Waals surface area (Å²) >= 11 is 1.40. The van der Waals surface area contributed by atoms with E-state index in [9.17, 15) is 4.79 Å². The Labute approximate surface area is 157 Å². The Hall–Kier alpha value is -1.41. The molecule has 0 saturated carbocycles. The minimum atomic E-state index is -0.148. The van der Waals surface area contributed by atoms with Gasteiger partial charge in [0.1, 0.15) is 10.7 Å². The number of amides is 1. The Balaban J connectivity index is 0.00000144. The molecule has 0 atom stereocenters. The molecular formula is C15H21Cl2N5OS. The lowest BCUT2D eigenvalue weighted by molar-refractivity contribution is 0.102. The molecule has 1 amide bonds. The number of pyridine rings is 1. The summed E-state index contributed by atoms with van der Waals surface area (Å²) in [6, 6.07) is 3.84. The molecular weight excluding hydrogens is 369 g/mol. The normalized spacial score (nSPS) is 13.7. The SMILES string of the molecule is Cc1nc(C)c(C(=O)Nc2ccc(N3CCNCC3)cn2)s1.Cl.Cl. The predicted octanol–water partition coefficient (Wildman–Crippen LogP) is 2.66. The highest BCUT2D eigenvalue weighted by molar-refractivity contribution is 7.13. The van der Waals surface area contributed by atoms with Crippen molar-refractivity contribution in [1.29, 1.82) is 0 Å². The third-order valence-electron chi connectivity index (χ3n) is 3.58. The smallest absolute Gasteiger partial charge is 0.268 e. The third-order valence-corrected chi connectivity index (χ3v) is 4.65. The lowest BCUT2D eigenvalue weighted by atomic mass is 10.3. The zero-order valence-corrected chi connectivity index (χ0v) is 16.0. The molecule has 6 nitrogen and oxygen atoms in total. The number of aromatic nitrogens is 2. The van der Waals surface area contributed by atoms with Crippen LogP contribution in [0.1, 0.15) is 20.4 Å². The van der Waals surface area contributed by atoms with Crippen LogP contribution in [0.15, 0.2) is 18.3 Å². The van der Waals surface area contributed by atoms with Crippen molar-refractivity contribution in [3.05, 3.63) is 33.9 Å². The number of halogens is 2. The average Bonchev–Trinajstić information content (AvgIpc) is 2.88. The van der Waals surface area contributed by atoms with Crippen LogP contribution in [0, 0.1) is 13.8 Å². The van der Waals surface area contributed by atoms with Gasteiger partial charge >= 0.3 is 0 Å². The molecule has 2 aromatic rings. The van der Waals surface area contributed by atoms with E-state index in [0.717, 1.165) is 42.6 Å². The van der Waals surface area contributed by atoms with E-state index >= 15 is 0 Å². The van der Waals surface area contributed by atoms with Crippen molar-refractivity contribution < 1.29 is 4.79 Å². The van der Waals surface area contributed by atoms with E-state index < -0.39 is 0 Å². The first-order valence-corrected chi connectivity index (χ1v) is 8.12. The largest absolute Gasteiger partial charge is 0.368 e. The second-order valence-corrected chi connectivity index (χ2v) is 6.44. The first-order chi connectivity index (χ1) is 10.6. The molecule has 9 heteroatoms. The van der Waals surface area contributed by atoms with Gasteiger partial charge in [0.25, 0.3) is 5.91 Å². The lowest BCUT2D eigenvalue weighted by Crippen LogP contribution is -2.43. The van der Waals surface area contributed by atoms with Gasteiger partial charge in [-0.15, -0.1) is 36.2 Å². The fraction of sp³-hybridized carbons (Fsp3) is 0.400. The van der Waals surface area contributed by atoms with E-state index in [1.165, 1.54) is 11.3 Å². The minimum absolute atomic E-state index is 0. The molecule has 1 aliphatic rings. The number of piperazine rings is 1. The van der Waals surface area contributed by atoms with E-state index in [1.807, 2.05) is 32.2 Å². The maximum absolute atomic E-state index is 12.2. The van der Waals surface area contributed by atoms with Gasteiger partial charge in [-0.1, -0.05) is 0 Å². The summed E-state index contributed by atoms with van der Waals surface area (Å²) in [5.41, 5.74) is 1.85. The van der Waals surface area contributed by atoms with E-state index in [-0.39, 0.29) is 30.7 Å². The van der Waals surface area contributed by atoms with Crippen molar-refractivity contribution in [2.75, 3.05) is 36.4 Å². The summed E-state index contributed by atoms with van der Waals surface area (Å²) in [6.45, 7) is 7.68. The van der Waals surface area contributed by atoms with E-state index in [4.69, 9.17) is 0 Å². The fourth-order valence-electron chi connectivity index (χ4n) is 2.49. The van der Waals surface area contributed by atoms with Gasteiger partial charge < -0.3 is 15.5 Å². The summed E-state index contributed by atoms with van der Waals surface area (Å²) in [5.74, 6) is 0.417. The summed E-state index contributed by atoms with van der Waals surface area (Å²) in [6.07, 6.45) is 1.81. The Kier molecular flexibility index (Phi) is 7.89. The number of anilines is 2. The number of hydrogen-bond acceptors (Lipinski definition) is 6. The molecule has 0 aromatic carbocycles. The van der Waals surface area contributed by atoms with Crippen molar-refractivity contribution in [1.82, 2.24) is 15.3 Å². The van der Waals surface area contributed by atoms with Crippen LogP contribution in [0.2, 0.25) is 0 Å². The quantitative estimate of drug-likeness (QED) is 0.843. The van der Waals surface area contributed by atoms with Crippen molar-refractivity contribution >= 4 is 53.6 Å². The molecule has 24 heavy (non-hydrogen) atoms. The Morgan fingerprint density at radius 1 is 1.25 bits per heavy atom. The van der Waals surface area contributed by atoms with Gasteiger partial charge in [0.2, 0.25) is 0 Å². The van der Waals surface area contributed by atoms with Gasteiger partial charge in [-0.25, -0.2) is 9.97 Å². The van der Waals surface area contributed by atoms with E-state index in [0.29, 0.717) is 10.7 Å². The van der Waals surface area contributed by atoms with Crippen LogP contribution in [0.3, 0.4) is 0 Å². The molecule has 0 spiro atoms. The zero-order chi connectivity index (χ0) is 15.5. The first-order valence-electron chi connectivity index (χ1n) is 7.30. The van der Waals surface area contributed by atoms with E-state index in [1.54, 1.807) is 0 Å². The monoisotopic (exact) mass is 389 g/mol. The van der Waals surface area contributed by atoms with Crippen molar-refractivity contribution in [2.45, 2.75) is 13.8 Å². The number of nitrogens with one attached hydrogen (secondary N) is 2. The van der Waals surface area contributed by atoms with Crippen LogP contribution in [0.5, 0.6) is 0 Å². The fourth-order valence-corrected chi connectivity index (χ4v) is 3.30. The van der Waals surface area contributed by atoms with Gasteiger partial charge in [-0.05, 0) is 26.0 Å². The summed E-state index contributed by atoms with van der Waals surface area (Å²) in [7, 11) is 0. The van der Waals surface area contributed by atoms with E-state index in [2.05, 4.69) is 25.5 Å². The second kappa shape index (κ2) is 9.17. The van der Waals surface area contributed by atoms with Gasteiger partial charge in [-0.3, -0.25) is 4.79 Å². The number of nitrogens with zero attached hydrogens (tertiary/aromatic N) is 3. The minimum Gasteiger partial charge on any atom is -0.368 e. The van der Waals surface area contributed by atoms with Crippen molar-refractivity contribution in [2.24, 2.45) is 0 Å². The lowest BCUT2D eigenvalue weighted by Gasteiger charge is -2.29.